The van der Waals surface area contributed by atoms with Crippen molar-refractivity contribution in [2.75, 3.05) is 26.2 Å². The lowest BCUT2D eigenvalue weighted by atomic mass is 10.1. The van der Waals surface area contributed by atoms with Crippen LogP contribution in [-0.4, -0.2) is 60.4 Å². The zero-order chi connectivity index (χ0) is 30.4. The fourth-order valence-corrected chi connectivity index (χ4v) is 3.91. The van der Waals surface area contributed by atoms with Crippen molar-refractivity contribution < 1.29 is 43.1 Å². The van der Waals surface area contributed by atoms with Gasteiger partial charge < -0.3 is 34.0 Å². The van der Waals surface area contributed by atoms with E-state index in [1.165, 1.54) is 24.3 Å². The maximum Gasteiger partial charge on any atom is 0.440 e. The summed E-state index contributed by atoms with van der Waals surface area (Å²) in [5.41, 5.74) is 1.94. The molecule has 0 saturated carbocycles. The Balaban J connectivity index is 1.04. The normalized spacial score (nSPS) is 12.9. The molecule has 2 N–H and O–H groups in total. The summed E-state index contributed by atoms with van der Waals surface area (Å²) in [7, 11) is 0. The average molecular weight is 595 g/mol. The van der Waals surface area contributed by atoms with Crippen LogP contribution in [0.15, 0.2) is 78.9 Å². The van der Waals surface area contributed by atoms with Crippen molar-refractivity contribution in [3.8, 4) is 23.0 Å². The molecule has 0 aliphatic carbocycles. The van der Waals surface area contributed by atoms with Crippen LogP contribution in [0.1, 0.15) is 19.3 Å². The van der Waals surface area contributed by atoms with E-state index in [1.54, 1.807) is 29.2 Å². The number of amides is 3. The Morgan fingerprint density at radius 3 is 2.14 bits per heavy atom. The smallest absolute Gasteiger partial charge is 0.440 e. The monoisotopic (exact) mass is 594 g/mol. The second-order valence-electron chi connectivity index (χ2n) is 9.22. The molecule has 4 rings (SSSR count). The number of nitrogens with zero attached hydrogens (tertiary/aromatic N) is 2. The molecule has 1 aliphatic heterocycles. The Hall–Kier alpha value is -5.53. The number of alkyl carbamates (subject to hydrolysis) is 1. The maximum atomic E-state index is 12.6. The fraction of sp³-hybridized carbons (Fsp3) is 0.276. The Bertz CT molecular complexity index is 1360. The minimum Gasteiger partial charge on any atom is -0.457 e. The van der Waals surface area contributed by atoms with E-state index in [1.807, 2.05) is 30.3 Å². The molecule has 14 nitrogen and oxygen atoms in total. The largest absolute Gasteiger partial charge is 0.457 e. The zero-order valence-electron chi connectivity index (χ0n) is 23.0. The Morgan fingerprint density at radius 2 is 1.47 bits per heavy atom. The van der Waals surface area contributed by atoms with E-state index < -0.39 is 23.2 Å². The number of hydroxylamine groups is 1. The van der Waals surface area contributed by atoms with E-state index in [-0.39, 0.29) is 30.7 Å². The van der Waals surface area contributed by atoms with Gasteiger partial charge in [-0.2, -0.15) is 5.48 Å². The van der Waals surface area contributed by atoms with Gasteiger partial charge in [-0.05, 0) is 55.0 Å². The number of nitro groups is 1. The molecule has 14 heteroatoms. The number of carbonyl (C=O) groups is 3. The molecule has 0 atom stereocenters. The number of rotatable bonds is 11. The van der Waals surface area contributed by atoms with E-state index in [0.29, 0.717) is 49.6 Å². The van der Waals surface area contributed by atoms with Crippen molar-refractivity contribution in [1.29, 1.82) is 0 Å². The van der Waals surface area contributed by atoms with Crippen LogP contribution < -0.4 is 25.1 Å². The number of likely N-dealkylation sites (tertiary alicyclic amines) is 1. The standard InChI is InChI=1S/C29H30N4O10/c34-27(30-17-4-20-39-28(35)31-43-26-9-7-21(8-10-26)33(37)38)41-25-15-18-32(19-16-25)29(36)42-24-13-11-23(12-14-24)40-22-5-2-1-3-6-22/h1-3,5-14,25H,4,15-20H2,(H,30,34)(H,31,35). The fourth-order valence-electron chi connectivity index (χ4n) is 3.91. The Morgan fingerprint density at radius 1 is 0.837 bits per heavy atom. The molecule has 0 spiro atoms. The van der Waals surface area contributed by atoms with Gasteiger partial charge in [-0.25, -0.2) is 14.4 Å². The summed E-state index contributed by atoms with van der Waals surface area (Å²) in [6.45, 7) is 0.947. The predicted octanol–water partition coefficient (Wildman–Crippen LogP) is 5.19. The molecular formula is C29H30N4O10. The molecule has 1 heterocycles. The Labute approximate surface area is 246 Å². The van der Waals surface area contributed by atoms with Crippen LogP contribution in [0.4, 0.5) is 20.1 Å². The highest BCUT2D eigenvalue weighted by Crippen LogP contribution is 2.24. The van der Waals surface area contributed by atoms with E-state index in [0.717, 1.165) is 0 Å². The van der Waals surface area contributed by atoms with Gasteiger partial charge in [0.15, 0.2) is 5.75 Å². The summed E-state index contributed by atoms with van der Waals surface area (Å²) >= 11 is 0. The van der Waals surface area contributed by atoms with Gasteiger partial charge >= 0.3 is 18.3 Å². The minimum atomic E-state index is -0.861. The van der Waals surface area contributed by atoms with E-state index in [2.05, 4.69) is 10.8 Å². The number of non-ortho nitro benzene ring substituents is 1. The summed E-state index contributed by atoms with van der Waals surface area (Å²) in [6, 6.07) is 21.2. The molecule has 0 bridgehead atoms. The third-order valence-corrected chi connectivity index (χ3v) is 6.11. The van der Waals surface area contributed by atoms with Gasteiger partial charge in [0.25, 0.3) is 5.69 Å². The average Bonchev–Trinajstić information content (AvgIpc) is 3.02. The van der Waals surface area contributed by atoms with Crippen molar-refractivity contribution in [3.05, 3.63) is 89.0 Å². The Kier molecular flexibility index (Phi) is 10.9. The van der Waals surface area contributed by atoms with E-state index in [9.17, 15) is 24.5 Å². The van der Waals surface area contributed by atoms with Crippen LogP contribution in [0.2, 0.25) is 0 Å². The zero-order valence-corrected chi connectivity index (χ0v) is 23.0. The summed E-state index contributed by atoms with van der Waals surface area (Å²) < 4.78 is 21.5. The van der Waals surface area contributed by atoms with E-state index in [4.69, 9.17) is 23.8 Å². The lowest BCUT2D eigenvalue weighted by Crippen LogP contribution is -2.43. The van der Waals surface area contributed by atoms with Crippen molar-refractivity contribution >= 4 is 24.0 Å². The van der Waals surface area contributed by atoms with Crippen LogP contribution in [0.5, 0.6) is 23.0 Å². The third-order valence-electron chi connectivity index (χ3n) is 6.11. The number of ether oxygens (including phenoxy) is 4. The number of nitrogens with one attached hydrogen (secondary N) is 2. The number of hydrogen-bond acceptors (Lipinski definition) is 10. The van der Waals surface area contributed by atoms with E-state index >= 15 is 0 Å². The highest BCUT2D eigenvalue weighted by atomic mass is 16.7. The first-order valence-electron chi connectivity index (χ1n) is 13.4. The molecule has 3 aromatic rings. The minimum absolute atomic E-state index is 0.000980. The van der Waals surface area contributed by atoms with Gasteiger partial charge in [0.1, 0.15) is 23.4 Å². The van der Waals surface area contributed by atoms with Gasteiger partial charge in [-0.15, -0.1) is 0 Å². The topological polar surface area (TPSA) is 168 Å². The van der Waals surface area contributed by atoms with Crippen LogP contribution in [0, 0.1) is 10.1 Å². The van der Waals surface area contributed by atoms with Gasteiger partial charge in [-0.1, -0.05) is 18.2 Å². The molecule has 1 fully saturated rings. The molecule has 3 amide bonds. The van der Waals surface area contributed by atoms with Gasteiger partial charge in [-0.3, -0.25) is 10.1 Å². The predicted molar refractivity (Wildman–Crippen MR) is 151 cm³/mol. The number of benzene rings is 3. The first kappa shape index (κ1) is 30.4. The SMILES string of the molecule is O=C(NOc1ccc([N+](=O)[O-])cc1)OCCCNC(=O)OC1CCN(C(=O)Oc2ccc(Oc3ccccc3)cc2)CC1. The second-order valence-corrected chi connectivity index (χ2v) is 9.22. The van der Waals surface area contributed by atoms with Crippen molar-refractivity contribution in [1.82, 2.24) is 15.7 Å². The van der Waals surface area contributed by atoms with Crippen LogP contribution in [0.3, 0.4) is 0 Å². The van der Waals surface area contributed by atoms with Crippen molar-refractivity contribution in [2.45, 2.75) is 25.4 Å². The van der Waals surface area contributed by atoms with Crippen LogP contribution in [0.25, 0.3) is 0 Å². The molecule has 0 unspecified atom stereocenters. The van der Waals surface area contributed by atoms with Crippen LogP contribution >= 0.6 is 0 Å². The first-order valence-corrected chi connectivity index (χ1v) is 13.4. The summed E-state index contributed by atoms with van der Waals surface area (Å²) in [6.07, 6.45) is -1.05. The number of para-hydroxylation sites is 1. The molecule has 43 heavy (non-hydrogen) atoms. The molecular weight excluding hydrogens is 564 g/mol. The molecule has 226 valence electrons. The molecule has 1 aliphatic rings. The van der Waals surface area contributed by atoms with Gasteiger partial charge in [0.05, 0.1) is 11.5 Å². The summed E-state index contributed by atoms with van der Waals surface area (Å²) in [5.74, 6) is 1.90. The number of piperidine rings is 1. The number of nitro benzene ring substituents is 1. The molecule has 3 aromatic carbocycles. The number of hydrogen-bond donors (Lipinski definition) is 2. The quantitative estimate of drug-likeness (QED) is 0.171. The highest BCUT2D eigenvalue weighted by molar-refractivity contribution is 5.71. The maximum absolute atomic E-state index is 12.6. The highest BCUT2D eigenvalue weighted by Gasteiger charge is 2.26. The third kappa shape index (κ3) is 10.1. The second kappa shape index (κ2) is 15.5. The summed E-state index contributed by atoms with van der Waals surface area (Å²) in [4.78, 5) is 53.0. The molecule has 0 aromatic heterocycles. The summed E-state index contributed by atoms with van der Waals surface area (Å²) in [5, 5.41) is 13.2. The van der Waals surface area contributed by atoms with Crippen LogP contribution in [-0.2, 0) is 9.47 Å². The van der Waals surface area contributed by atoms with Crippen molar-refractivity contribution in [2.24, 2.45) is 0 Å². The van der Waals surface area contributed by atoms with Crippen molar-refractivity contribution in [3.63, 3.8) is 0 Å². The lowest BCUT2D eigenvalue weighted by molar-refractivity contribution is -0.384. The first-order chi connectivity index (χ1) is 20.9. The van der Waals surface area contributed by atoms with Gasteiger partial charge in [0, 0.05) is 44.6 Å². The molecule has 1 saturated heterocycles. The number of carbonyl (C=O) groups excluding carboxylic acids is 3. The lowest BCUT2D eigenvalue weighted by Gasteiger charge is -2.30. The van der Waals surface area contributed by atoms with Gasteiger partial charge in [0.2, 0.25) is 0 Å². The molecule has 0 radical (unpaired) electrons.